The van der Waals surface area contributed by atoms with Crippen LogP contribution in [0.15, 0.2) is 6.20 Å². The van der Waals surface area contributed by atoms with Crippen molar-refractivity contribution in [2.45, 2.75) is 43.8 Å². The van der Waals surface area contributed by atoms with Gasteiger partial charge in [0.25, 0.3) is 0 Å². The molecule has 0 amide bonds. The third-order valence-electron chi connectivity index (χ3n) is 5.77. The molecular formula is C20H26F4N6O2S2. The number of rotatable bonds is 8. The molecule has 1 saturated heterocycles. The lowest BCUT2D eigenvalue weighted by Crippen LogP contribution is -2.44. The smallest absolute Gasteiger partial charge is 0.351 e. The van der Waals surface area contributed by atoms with E-state index in [1.165, 1.54) is 4.31 Å². The molecule has 0 unspecified atom stereocenters. The summed E-state index contributed by atoms with van der Waals surface area (Å²) in [5, 5.41) is 3.37. The number of aromatic nitrogens is 3. The van der Waals surface area contributed by atoms with Crippen LogP contribution in [-0.2, 0) is 16.2 Å². The van der Waals surface area contributed by atoms with Gasteiger partial charge in [-0.15, -0.1) is 11.3 Å². The maximum absolute atomic E-state index is 14.5. The quantitative estimate of drug-likeness (QED) is 0.532. The summed E-state index contributed by atoms with van der Waals surface area (Å²) >= 11 is 0.823. The van der Waals surface area contributed by atoms with Gasteiger partial charge in [0, 0.05) is 31.6 Å². The van der Waals surface area contributed by atoms with Crippen molar-refractivity contribution in [2.75, 3.05) is 44.8 Å². The maximum atomic E-state index is 14.5. The molecule has 0 bridgehead atoms. The van der Waals surface area contributed by atoms with E-state index in [2.05, 4.69) is 20.3 Å². The lowest BCUT2D eigenvalue weighted by Gasteiger charge is -2.32. The molecule has 34 heavy (non-hydrogen) atoms. The number of hydrogen-bond donors (Lipinski definition) is 1. The number of nitrogens with zero attached hydrogens (tertiary/aromatic N) is 5. The molecule has 2 aromatic rings. The molecule has 0 radical (unpaired) electrons. The highest BCUT2D eigenvalue weighted by atomic mass is 32.2. The van der Waals surface area contributed by atoms with E-state index in [0.717, 1.165) is 30.4 Å². The van der Waals surface area contributed by atoms with Crippen molar-refractivity contribution >= 4 is 27.3 Å². The summed E-state index contributed by atoms with van der Waals surface area (Å²) in [7, 11) is 0.239. The Labute approximate surface area is 199 Å². The number of hydrogen-bond acceptors (Lipinski definition) is 8. The summed E-state index contributed by atoms with van der Waals surface area (Å²) in [6.07, 6.45) is -1.40. The molecule has 2 aromatic heterocycles. The summed E-state index contributed by atoms with van der Waals surface area (Å²) in [6, 6.07) is -0.191. The van der Waals surface area contributed by atoms with Gasteiger partial charge >= 0.3 is 6.18 Å². The Kier molecular flexibility index (Phi) is 7.14. The fraction of sp³-hybridized carbons (Fsp3) is 0.650. The van der Waals surface area contributed by atoms with E-state index in [4.69, 9.17) is 0 Å². The van der Waals surface area contributed by atoms with Gasteiger partial charge in [-0.2, -0.15) is 13.2 Å². The van der Waals surface area contributed by atoms with Crippen LogP contribution in [0, 0.1) is 5.82 Å². The van der Waals surface area contributed by atoms with Crippen LogP contribution in [0.4, 0.5) is 23.5 Å². The largest absolute Gasteiger partial charge is 0.434 e. The zero-order chi connectivity index (χ0) is 24.7. The van der Waals surface area contributed by atoms with Crippen LogP contribution in [-0.4, -0.2) is 78.1 Å². The molecule has 1 N–H and O–H groups in total. The third kappa shape index (κ3) is 5.83. The highest BCUT2D eigenvalue weighted by Crippen LogP contribution is 2.48. The number of piperidine rings is 1. The molecule has 0 aromatic carbocycles. The summed E-state index contributed by atoms with van der Waals surface area (Å²) < 4.78 is 81.6. The van der Waals surface area contributed by atoms with Gasteiger partial charge in [-0.1, -0.05) is 0 Å². The van der Waals surface area contributed by atoms with Gasteiger partial charge in [0.1, 0.15) is 5.69 Å². The van der Waals surface area contributed by atoms with Crippen molar-refractivity contribution in [3.63, 3.8) is 0 Å². The molecule has 188 valence electrons. The first kappa shape index (κ1) is 25.2. The maximum Gasteiger partial charge on any atom is 0.434 e. The second-order valence-electron chi connectivity index (χ2n) is 8.83. The predicted octanol–water partition coefficient (Wildman–Crippen LogP) is 3.40. The molecule has 0 spiro atoms. The molecule has 8 nitrogen and oxygen atoms in total. The number of halogens is 4. The number of thiazole rings is 1. The molecule has 1 saturated carbocycles. The predicted molar refractivity (Wildman–Crippen MR) is 121 cm³/mol. The second kappa shape index (κ2) is 9.63. The van der Waals surface area contributed by atoms with E-state index in [0.29, 0.717) is 37.5 Å². The van der Waals surface area contributed by atoms with E-state index in [9.17, 15) is 26.0 Å². The minimum atomic E-state index is -4.73. The Morgan fingerprint density at radius 1 is 1.18 bits per heavy atom. The lowest BCUT2D eigenvalue weighted by atomic mass is 10.1. The van der Waals surface area contributed by atoms with Crippen molar-refractivity contribution < 1.29 is 26.0 Å². The minimum absolute atomic E-state index is 0.000175. The average molecular weight is 523 g/mol. The second-order valence-corrected chi connectivity index (χ2v) is 11.9. The van der Waals surface area contributed by atoms with Gasteiger partial charge in [0.15, 0.2) is 11.5 Å². The fourth-order valence-electron chi connectivity index (χ4n) is 3.68. The minimum Gasteiger partial charge on any atom is -0.351 e. The highest BCUT2D eigenvalue weighted by molar-refractivity contribution is 7.89. The van der Waals surface area contributed by atoms with Crippen LogP contribution in [0.1, 0.15) is 42.3 Å². The summed E-state index contributed by atoms with van der Waals surface area (Å²) in [6.45, 7) is 1.03. The lowest BCUT2D eigenvalue weighted by molar-refractivity contribution is -0.140. The monoisotopic (exact) mass is 522 g/mol. The summed E-state index contributed by atoms with van der Waals surface area (Å²) in [4.78, 5) is 13.1. The Bertz CT molecular complexity index is 1130. The van der Waals surface area contributed by atoms with Gasteiger partial charge in [-0.3, -0.25) is 0 Å². The molecule has 14 heteroatoms. The standard InChI is InChI=1S/C20H26F4N6O2S2/c1-29(2)9-10-34(31,32)30-7-5-13(6-8-30)26-19-25-11-14(21)15(27-19)16-17(20(22,23)24)28-18(33-16)12-3-4-12/h11-13H,3-10H2,1-2H3,(H,25,26,27). The van der Waals surface area contributed by atoms with Crippen LogP contribution < -0.4 is 5.32 Å². The molecule has 3 heterocycles. The first-order valence-electron chi connectivity index (χ1n) is 10.9. The molecule has 2 aliphatic rings. The van der Waals surface area contributed by atoms with Gasteiger partial charge < -0.3 is 10.2 Å². The van der Waals surface area contributed by atoms with E-state index >= 15 is 0 Å². The van der Waals surface area contributed by atoms with Crippen molar-refractivity contribution in [1.29, 1.82) is 0 Å². The zero-order valence-corrected chi connectivity index (χ0v) is 20.4. The molecule has 4 rings (SSSR count). The number of anilines is 1. The first-order valence-corrected chi connectivity index (χ1v) is 13.4. The van der Waals surface area contributed by atoms with Gasteiger partial charge in [0.05, 0.1) is 21.8 Å². The van der Waals surface area contributed by atoms with Crippen molar-refractivity contribution in [3.8, 4) is 10.6 Å². The van der Waals surface area contributed by atoms with Crippen LogP contribution in [0.25, 0.3) is 10.6 Å². The van der Waals surface area contributed by atoms with Gasteiger partial charge in [-0.05, 0) is 39.8 Å². The van der Waals surface area contributed by atoms with E-state index in [1.807, 2.05) is 0 Å². The van der Waals surface area contributed by atoms with E-state index < -0.39 is 33.4 Å². The normalized spacial score (nSPS) is 18.6. The molecule has 1 aliphatic heterocycles. The molecule has 2 fully saturated rings. The first-order chi connectivity index (χ1) is 15.9. The summed E-state index contributed by atoms with van der Waals surface area (Å²) in [5.41, 5.74) is -1.56. The topological polar surface area (TPSA) is 91.3 Å². The average Bonchev–Trinajstić information content (AvgIpc) is 3.51. The number of nitrogens with one attached hydrogen (secondary N) is 1. The van der Waals surface area contributed by atoms with Crippen molar-refractivity contribution in [2.24, 2.45) is 0 Å². The molecular weight excluding hydrogens is 496 g/mol. The van der Waals surface area contributed by atoms with Crippen molar-refractivity contribution in [3.05, 3.63) is 22.7 Å². The fourth-order valence-corrected chi connectivity index (χ4v) is 6.55. The Hall–Kier alpha value is -1.90. The Balaban J connectivity index is 1.47. The number of sulfonamides is 1. The zero-order valence-electron chi connectivity index (χ0n) is 18.8. The SMILES string of the molecule is CN(C)CCS(=O)(=O)N1CCC(Nc2ncc(F)c(-c3sc(C4CC4)nc3C(F)(F)F)n2)CC1. The third-order valence-corrected chi connectivity index (χ3v) is 8.85. The van der Waals surface area contributed by atoms with Gasteiger partial charge in [-0.25, -0.2) is 32.1 Å². The van der Waals surface area contributed by atoms with Crippen LogP contribution in [0.2, 0.25) is 0 Å². The van der Waals surface area contributed by atoms with Crippen LogP contribution >= 0.6 is 11.3 Å². The molecule has 1 aliphatic carbocycles. The number of alkyl halides is 3. The van der Waals surface area contributed by atoms with Gasteiger partial charge in [0.2, 0.25) is 16.0 Å². The van der Waals surface area contributed by atoms with E-state index in [1.54, 1.807) is 19.0 Å². The van der Waals surface area contributed by atoms with Crippen molar-refractivity contribution in [1.82, 2.24) is 24.2 Å². The summed E-state index contributed by atoms with van der Waals surface area (Å²) in [5.74, 6) is -0.938. The Morgan fingerprint density at radius 2 is 1.85 bits per heavy atom. The highest BCUT2D eigenvalue weighted by Gasteiger charge is 2.41. The van der Waals surface area contributed by atoms with Crippen LogP contribution in [0.3, 0.4) is 0 Å². The van der Waals surface area contributed by atoms with E-state index in [-0.39, 0.29) is 28.5 Å². The Morgan fingerprint density at radius 3 is 2.44 bits per heavy atom. The van der Waals surface area contributed by atoms with Crippen LogP contribution in [0.5, 0.6) is 0 Å². The molecule has 0 atom stereocenters.